The molecule has 0 atom stereocenters. The summed E-state index contributed by atoms with van der Waals surface area (Å²) in [5.74, 6) is 0.572. The first-order valence-corrected chi connectivity index (χ1v) is 12.3. The molecular formula is C29H33N3O3. The van der Waals surface area contributed by atoms with Crippen LogP contribution in [0.1, 0.15) is 64.3 Å². The number of hydrogen-bond donors (Lipinski definition) is 1. The largest absolute Gasteiger partial charge is 0.468 e. The fourth-order valence-electron chi connectivity index (χ4n) is 4.73. The summed E-state index contributed by atoms with van der Waals surface area (Å²) in [6.07, 6.45) is 3.54. The monoisotopic (exact) mass is 471 g/mol. The Labute approximate surface area is 207 Å². The molecule has 2 heterocycles. The van der Waals surface area contributed by atoms with Crippen LogP contribution in [0.25, 0.3) is 5.57 Å². The number of nitrogens with zero attached hydrogens (tertiary/aromatic N) is 2. The van der Waals surface area contributed by atoms with Crippen molar-refractivity contribution < 1.29 is 14.0 Å². The van der Waals surface area contributed by atoms with Gasteiger partial charge in [0.15, 0.2) is 0 Å². The topological polar surface area (TPSA) is 79.8 Å². The van der Waals surface area contributed by atoms with E-state index in [0.717, 1.165) is 54.9 Å². The molecule has 1 aromatic heterocycles. The first-order chi connectivity index (χ1) is 17.0. The second-order valence-corrected chi connectivity index (χ2v) is 8.83. The number of carbonyl (C=O) groups excluding carboxylic acids is 2. The predicted molar refractivity (Wildman–Crippen MR) is 138 cm³/mol. The maximum Gasteiger partial charge on any atom is 0.253 e. The summed E-state index contributed by atoms with van der Waals surface area (Å²) >= 11 is 0. The van der Waals surface area contributed by atoms with Gasteiger partial charge in [-0.1, -0.05) is 29.8 Å². The van der Waals surface area contributed by atoms with E-state index in [0.29, 0.717) is 24.2 Å². The summed E-state index contributed by atoms with van der Waals surface area (Å²) in [4.78, 5) is 28.9. The number of primary amides is 1. The highest BCUT2D eigenvalue weighted by Gasteiger charge is 2.21. The second-order valence-electron chi connectivity index (χ2n) is 8.83. The molecule has 1 fully saturated rings. The van der Waals surface area contributed by atoms with Crippen molar-refractivity contribution in [1.82, 2.24) is 9.80 Å². The van der Waals surface area contributed by atoms with Crippen LogP contribution in [0.15, 0.2) is 76.9 Å². The molecule has 1 saturated heterocycles. The minimum atomic E-state index is -0.440. The summed E-state index contributed by atoms with van der Waals surface area (Å²) in [6.45, 7) is 7.99. The zero-order valence-electron chi connectivity index (χ0n) is 20.5. The van der Waals surface area contributed by atoms with Crippen LogP contribution < -0.4 is 5.73 Å². The number of hydrogen-bond acceptors (Lipinski definition) is 4. The normalized spacial score (nSPS) is 14.1. The first-order valence-electron chi connectivity index (χ1n) is 12.3. The minimum absolute atomic E-state index is 0.0395. The summed E-state index contributed by atoms with van der Waals surface area (Å²) in [6, 6.07) is 19.3. The highest BCUT2D eigenvalue weighted by atomic mass is 16.3. The van der Waals surface area contributed by atoms with Crippen LogP contribution in [-0.4, -0.2) is 47.8 Å². The fourth-order valence-corrected chi connectivity index (χ4v) is 4.73. The lowest BCUT2D eigenvalue weighted by molar-refractivity contribution is 0.0772. The van der Waals surface area contributed by atoms with Crippen LogP contribution in [0.3, 0.4) is 0 Å². The first kappa shape index (κ1) is 24.5. The van der Waals surface area contributed by atoms with Crippen LogP contribution in [0, 0.1) is 0 Å². The highest BCUT2D eigenvalue weighted by molar-refractivity contribution is 5.96. The molecule has 6 heteroatoms. The second kappa shape index (κ2) is 11.2. The van der Waals surface area contributed by atoms with Gasteiger partial charge in [-0.25, -0.2) is 0 Å². The van der Waals surface area contributed by atoms with E-state index >= 15 is 0 Å². The van der Waals surface area contributed by atoms with Crippen molar-refractivity contribution in [2.24, 2.45) is 5.73 Å². The van der Waals surface area contributed by atoms with Crippen LogP contribution >= 0.6 is 0 Å². The van der Waals surface area contributed by atoms with Gasteiger partial charge < -0.3 is 15.1 Å². The maximum absolute atomic E-state index is 12.8. The Morgan fingerprint density at radius 1 is 0.886 bits per heavy atom. The third-order valence-corrected chi connectivity index (χ3v) is 6.68. The van der Waals surface area contributed by atoms with Gasteiger partial charge in [0.2, 0.25) is 5.91 Å². The SMILES string of the molecule is CCN(CC)C(=O)c1ccc(C(=C2CCN(Cc3ccco3)CC2)c2cccc(C(N)=O)c2)cc1. The Bertz CT molecular complexity index is 1180. The van der Waals surface area contributed by atoms with Crippen molar-refractivity contribution >= 4 is 17.4 Å². The van der Waals surface area contributed by atoms with E-state index in [-0.39, 0.29) is 5.91 Å². The van der Waals surface area contributed by atoms with E-state index in [2.05, 4.69) is 4.90 Å². The molecule has 4 rings (SSSR count). The number of piperidine rings is 1. The van der Waals surface area contributed by atoms with Gasteiger partial charge in [-0.3, -0.25) is 14.5 Å². The van der Waals surface area contributed by atoms with E-state index in [1.807, 2.05) is 73.3 Å². The lowest BCUT2D eigenvalue weighted by Crippen LogP contribution is -2.30. The fraction of sp³-hybridized carbons (Fsp3) is 0.310. The van der Waals surface area contributed by atoms with Crippen LogP contribution in [-0.2, 0) is 6.54 Å². The molecule has 0 bridgehead atoms. The molecule has 1 aliphatic heterocycles. The molecule has 3 aromatic rings. The number of benzene rings is 2. The van der Waals surface area contributed by atoms with E-state index in [1.54, 1.807) is 12.3 Å². The zero-order chi connectivity index (χ0) is 24.8. The molecule has 0 radical (unpaired) electrons. The van der Waals surface area contributed by atoms with Crippen molar-refractivity contribution in [1.29, 1.82) is 0 Å². The molecule has 2 aromatic carbocycles. The number of likely N-dealkylation sites (tertiary alicyclic amines) is 1. The molecule has 35 heavy (non-hydrogen) atoms. The highest BCUT2D eigenvalue weighted by Crippen LogP contribution is 2.33. The summed E-state index contributed by atoms with van der Waals surface area (Å²) < 4.78 is 5.52. The van der Waals surface area contributed by atoms with Gasteiger partial charge in [-0.15, -0.1) is 0 Å². The maximum atomic E-state index is 12.8. The Balaban J connectivity index is 1.66. The quantitative estimate of drug-likeness (QED) is 0.504. The van der Waals surface area contributed by atoms with Crippen LogP contribution in [0.2, 0.25) is 0 Å². The number of furan rings is 1. The molecule has 182 valence electrons. The number of rotatable bonds is 8. The molecule has 0 saturated carbocycles. The number of nitrogens with two attached hydrogens (primary N) is 1. The Morgan fingerprint density at radius 3 is 2.14 bits per heavy atom. The zero-order valence-corrected chi connectivity index (χ0v) is 20.5. The molecule has 2 amide bonds. The molecule has 6 nitrogen and oxygen atoms in total. The lowest BCUT2D eigenvalue weighted by atomic mass is 9.87. The van der Waals surface area contributed by atoms with Crippen molar-refractivity contribution in [2.75, 3.05) is 26.2 Å². The van der Waals surface area contributed by atoms with Crippen molar-refractivity contribution in [3.8, 4) is 0 Å². The lowest BCUT2D eigenvalue weighted by Gasteiger charge is -2.29. The average molecular weight is 472 g/mol. The van der Waals surface area contributed by atoms with Gasteiger partial charge >= 0.3 is 0 Å². The summed E-state index contributed by atoms with van der Waals surface area (Å²) in [5.41, 5.74) is 11.2. The molecule has 2 N–H and O–H groups in total. The van der Waals surface area contributed by atoms with Crippen LogP contribution in [0.5, 0.6) is 0 Å². The van der Waals surface area contributed by atoms with Gasteiger partial charge in [-0.05, 0) is 79.8 Å². The van der Waals surface area contributed by atoms with Crippen LogP contribution in [0.4, 0.5) is 0 Å². The van der Waals surface area contributed by atoms with Gasteiger partial charge in [0.1, 0.15) is 5.76 Å². The average Bonchev–Trinajstić information content (AvgIpc) is 3.39. The molecule has 0 unspecified atom stereocenters. The Hall–Kier alpha value is -3.64. The van der Waals surface area contributed by atoms with Gasteiger partial charge in [0, 0.05) is 37.3 Å². The molecule has 0 spiro atoms. The van der Waals surface area contributed by atoms with Crippen molar-refractivity contribution in [2.45, 2.75) is 33.2 Å². The van der Waals surface area contributed by atoms with E-state index in [9.17, 15) is 9.59 Å². The van der Waals surface area contributed by atoms with Gasteiger partial charge in [0.05, 0.1) is 12.8 Å². The molecule has 0 aliphatic carbocycles. The summed E-state index contributed by atoms with van der Waals surface area (Å²) in [7, 11) is 0. The third-order valence-electron chi connectivity index (χ3n) is 6.68. The Kier molecular flexibility index (Phi) is 7.83. The smallest absolute Gasteiger partial charge is 0.253 e. The van der Waals surface area contributed by atoms with E-state index in [4.69, 9.17) is 10.2 Å². The van der Waals surface area contributed by atoms with Gasteiger partial charge in [0.25, 0.3) is 5.91 Å². The third kappa shape index (κ3) is 5.72. The van der Waals surface area contributed by atoms with Gasteiger partial charge in [-0.2, -0.15) is 0 Å². The number of carbonyl (C=O) groups is 2. The molecule has 1 aliphatic rings. The Morgan fingerprint density at radius 2 is 1.54 bits per heavy atom. The van der Waals surface area contributed by atoms with Crippen molar-refractivity contribution in [3.63, 3.8) is 0 Å². The number of amides is 2. The van der Waals surface area contributed by atoms with E-state index < -0.39 is 5.91 Å². The van der Waals surface area contributed by atoms with E-state index in [1.165, 1.54) is 5.57 Å². The predicted octanol–water partition coefficient (Wildman–Crippen LogP) is 4.96. The summed E-state index contributed by atoms with van der Waals surface area (Å²) in [5, 5.41) is 0. The standard InChI is InChI=1S/C29H33N3O3/c1-3-32(4-2)29(34)23-12-10-21(11-13-23)27(24-7-5-8-25(19-24)28(30)33)22-14-16-31(17-15-22)20-26-9-6-18-35-26/h5-13,18-19H,3-4,14-17,20H2,1-2H3,(H2,30,33). The minimum Gasteiger partial charge on any atom is -0.468 e. The molecular weight excluding hydrogens is 438 g/mol. The van der Waals surface area contributed by atoms with Crippen molar-refractivity contribution in [3.05, 3.63) is 101 Å².